The van der Waals surface area contributed by atoms with Gasteiger partial charge in [0.05, 0.1) is 0 Å². The number of esters is 1. The first kappa shape index (κ1) is 15.5. The van der Waals surface area contributed by atoms with Crippen molar-refractivity contribution in [1.82, 2.24) is 0 Å². The van der Waals surface area contributed by atoms with Gasteiger partial charge in [-0.3, -0.25) is 9.59 Å². The first-order valence-corrected chi connectivity index (χ1v) is 8.17. The van der Waals surface area contributed by atoms with Gasteiger partial charge in [0.15, 0.2) is 0 Å². The Morgan fingerprint density at radius 2 is 2.05 bits per heavy atom. The highest BCUT2D eigenvalue weighted by Crippen LogP contribution is 2.39. The summed E-state index contributed by atoms with van der Waals surface area (Å²) in [7, 11) is 0. The average molecular weight is 280 g/mol. The molecule has 2 fully saturated rings. The van der Waals surface area contributed by atoms with Crippen molar-refractivity contribution in [3.05, 3.63) is 0 Å². The van der Waals surface area contributed by atoms with E-state index >= 15 is 0 Å². The molecule has 3 nitrogen and oxygen atoms in total. The smallest absolute Gasteiger partial charge is 0.302 e. The quantitative estimate of drug-likeness (QED) is 0.737. The molecule has 0 aromatic heterocycles. The molecular weight excluding hydrogens is 252 g/mol. The zero-order valence-electron chi connectivity index (χ0n) is 13.1. The van der Waals surface area contributed by atoms with E-state index in [1.54, 1.807) is 0 Å². The van der Waals surface area contributed by atoms with Crippen LogP contribution in [0, 0.1) is 23.7 Å². The van der Waals surface area contributed by atoms with E-state index in [9.17, 15) is 9.59 Å². The Labute approximate surface area is 122 Å². The summed E-state index contributed by atoms with van der Waals surface area (Å²) in [5.41, 5.74) is 0. The molecule has 2 aliphatic carbocycles. The highest BCUT2D eigenvalue weighted by Gasteiger charge is 2.34. The van der Waals surface area contributed by atoms with Crippen LogP contribution in [0.15, 0.2) is 0 Å². The minimum atomic E-state index is -0.156. The lowest BCUT2D eigenvalue weighted by molar-refractivity contribution is -0.148. The minimum absolute atomic E-state index is 0.119. The van der Waals surface area contributed by atoms with E-state index < -0.39 is 0 Å². The molecule has 2 saturated carbocycles. The van der Waals surface area contributed by atoms with Gasteiger partial charge >= 0.3 is 5.97 Å². The predicted molar refractivity (Wildman–Crippen MR) is 78.2 cm³/mol. The molecule has 0 bridgehead atoms. The average Bonchev–Trinajstić information content (AvgIpc) is 2.79. The molecule has 5 atom stereocenters. The molecule has 114 valence electrons. The molecule has 0 spiro atoms. The Hall–Kier alpha value is -0.860. The molecule has 0 amide bonds. The first-order chi connectivity index (χ1) is 9.47. The maximum absolute atomic E-state index is 11.9. The van der Waals surface area contributed by atoms with Crippen LogP contribution in [0.2, 0.25) is 0 Å². The summed E-state index contributed by atoms with van der Waals surface area (Å²) in [6, 6.07) is 0. The zero-order valence-corrected chi connectivity index (χ0v) is 13.1. The van der Waals surface area contributed by atoms with E-state index in [0.29, 0.717) is 23.5 Å². The maximum atomic E-state index is 11.9. The lowest BCUT2D eigenvalue weighted by Gasteiger charge is -2.32. The molecule has 2 aliphatic rings. The third kappa shape index (κ3) is 3.83. The van der Waals surface area contributed by atoms with E-state index in [1.807, 2.05) is 0 Å². The van der Waals surface area contributed by atoms with Crippen LogP contribution >= 0.6 is 0 Å². The Balaban J connectivity index is 1.85. The number of carbonyl (C=O) groups is 2. The van der Waals surface area contributed by atoms with Crippen molar-refractivity contribution < 1.29 is 14.3 Å². The van der Waals surface area contributed by atoms with Crippen LogP contribution in [-0.4, -0.2) is 17.9 Å². The third-order valence-electron chi connectivity index (χ3n) is 5.37. The van der Waals surface area contributed by atoms with Crippen molar-refractivity contribution in [2.45, 2.75) is 71.8 Å². The molecule has 3 heteroatoms. The fraction of sp³-hybridized carbons (Fsp3) is 0.882. The number of hydrogen-bond acceptors (Lipinski definition) is 3. The Morgan fingerprint density at radius 1 is 1.30 bits per heavy atom. The van der Waals surface area contributed by atoms with Crippen LogP contribution in [0.3, 0.4) is 0 Å². The molecule has 0 N–H and O–H groups in total. The van der Waals surface area contributed by atoms with E-state index in [0.717, 1.165) is 32.1 Å². The van der Waals surface area contributed by atoms with Crippen LogP contribution < -0.4 is 0 Å². The van der Waals surface area contributed by atoms with E-state index in [4.69, 9.17) is 4.74 Å². The maximum Gasteiger partial charge on any atom is 0.302 e. The number of ketones is 1. The molecule has 0 saturated heterocycles. The van der Waals surface area contributed by atoms with Gasteiger partial charge < -0.3 is 4.74 Å². The summed E-state index contributed by atoms with van der Waals surface area (Å²) in [5.74, 6) is 2.15. The van der Waals surface area contributed by atoms with Crippen LogP contribution in [0.25, 0.3) is 0 Å². The van der Waals surface area contributed by atoms with Gasteiger partial charge in [-0.2, -0.15) is 0 Å². The largest absolute Gasteiger partial charge is 0.462 e. The van der Waals surface area contributed by atoms with Crippen LogP contribution in [0.5, 0.6) is 0 Å². The molecule has 3 unspecified atom stereocenters. The van der Waals surface area contributed by atoms with Crippen LogP contribution in [0.1, 0.15) is 65.7 Å². The fourth-order valence-corrected chi connectivity index (χ4v) is 3.98. The van der Waals surface area contributed by atoms with Gasteiger partial charge in [0.25, 0.3) is 0 Å². The number of Topliss-reactive ketones (excluding diaryl/α,β-unsaturated/α-hetero) is 1. The monoisotopic (exact) mass is 280 g/mol. The SMILES string of the molecule is CC(=O)OC1CCCC1CC(C)[C@@H]1CC[C@@H](C)C(=O)C1. The van der Waals surface area contributed by atoms with Crippen molar-refractivity contribution in [2.24, 2.45) is 23.7 Å². The topological polar surface area (TPSA) is 43.4 Å². The number of ether oxygens (including phenoxy) is 1. The molecule has 0 aromatic carbocycles. The normalized spacial score (nSPS) is 35.9. The zero-order chi connectivity index (χ0) is 14.7. The van der Waals surface area contributed by atoms with Gasteiger partial charge in [-0.25, -0.2) is 0 Å². The second-order valence-corrected chi connectivity index (χ2v) is 6.96. The first-order valence-electron chi connectivity index (χ1n) is 8.17. The summed E-state index contributed by atoms with van der Waals surface area (Å²) < 4.78 is 5.44. The number of rotatable bonds is 4. The van der Waals surface area contributed by atoms with Crippen molar-refractivity contribution in [1.29, 1.82) is 0 Å². The summed E-state index contributed by atoms with van der Waals surface area (Å²) in [5, 5.41) is 0. The van der Waals surface area contributed by atoms with E-state index in [-0.39, 0.29) is 18.0 Å². The summed E-state index contributed by atoms with van der Waals surface area (Å²) in [6.07, 6.45) is 7.54. The highest BCUT2D eigenvalue weighted by atomic mass is 16.5. The second-order valence-electron chi connectivity index (χ2n) is 6.96. The number of hydrogen-bond donors (Lipinski definition) is 0. The predicted octanol–water partition coefficient (Wildman–Crippen LogP) is 3.75. The Morgan fingerprint density at radius 3 is 2.70 bits per heavy atom. The van der Waals surface area contributed by atoms with E-state index in [2.05, 4.69) is 13.8 Å². The third-order valence-corrected chi connectivity index (χ3v) is 5.37. The summed E-state index contributed by atoms with van der Waals surface area (Å²) in [4.78, 5) is 23.0. The molecule has 0 aliphatic heterocycles. The summed E-state index contributed by atoms with van der Waals surface area (Å²) >= 11 is 0. The Bertz CT molecular complexity index is 363. The lowest BCUT2D eigenvalue weighted by atomic mass is 9.73. The standard InChI is InChI=1S/C17H28O3/c1-11-7-8-14(10-16(11)19)12(2)9-15-5-4-6-17(15)20-13(3)18/h11-12,14-15,17H,4-10H2,1-3H3/t11-,12?,14-,15?,17?/m1/s1. The lowest BCUT2D eigenvalue weighted by Crippen LogP contribution is -2.29. The highest BCUT2D eigenvalue weighted by molar-refractivity contribution is 5.81. The van der Waals surface area contributed by atoms with Crippen molar-refractivity contribution in [2.75, 3.05) is 0 Å². The minimum Gasteiger partial charge on any atom is -0.462 e. The van der Waals surface area contributed by atoms with Gasteiger partial charge in [0, 0.05) is 19.3 Å². The molecule has 0 aromatic rings. The Kier molecular flexibility index (Phi) is 5.22. The van der Waals surface area contributed by atoms with Crippen molar-refractivity contribution in [3.63, 3.8) is 0 Å². The second kappa shape index (κ2) is 6.73. The van der Waals surface area contributed by atoms with Gasteiger partial charge in [-0.05, 0) is 56.3 Å². The van der Waals surface area contributed by atoms with Gasteiger partial charge in [-0.1, -0.05) is 13.8 Å². The molecule has 0 heterocycles. The summed E-state index contributed by atoms with van der Waals surface area (Å²) in [6.45, 7) is 5.83. The fourth-order valence-electron chi connectivity index (χ4n) is 3.98. The van der Waals surface area contributed by atoms with Crippen molar-refractivity contribution in [3.8, 4) is 0 Å². The van der Waals surface area contributed by atoms with Gasteiger partial charge in [0.2, 0.25) is 0 Å². The van der Waals surface area contributed by atoms with E-state index in [1.165, 1.54) is 19.8 Å². The van der Waals surface area contributed by atoms with Gasteiger partial charge in [-0.15, -0.1) is 0 Å². The molecule has 2 rings (SSSR count). The molecule has 0 radical (unpaired) electrons. The van der Waals surface area contributed by atoms with Gasteiger partial charge in [0.1, 0.15) is 11.9 Å². The molecule has 20 heavy (non-hydrogen) atoms. The molecular formula is C17H28O3. The van der Waals surface area contributed by atoms with Crippen LogP contribution in [0.4, 0.5) is 0 Å². The van der Waals surface area contributed by atoms with Crippen molar-refractivity contribution >= 4 is 11.8 Å². The van der Waals surface area contributed by atoms with Crippen LogP contribution in [-0.2, 0) is 14.3 Å². The number of carbonyl (C=O) groups excluding carboxylic acids is 2.